The molecule has 0 aliphatic rings. The zero-order chi connectivity index (χ0) is 10.5. The first-order chi connectivity index (χ1) is 6.02. The van der Waals surface area contributed by atoms with E-state index in [4.69, 9.17) is 0 Å². The third-order valence-electron chi connectivity index (χ3n) is 1.59. The van der Waals surface area contributed by atoms with Crippen molar-refractivity contribution in [1.82, 2.24) is 0 Å². The van der Waals surface area contributed by atoms with Gasteiger partial charge in [-0.1, -0.05) is 34.6 Å². The van der Waals surface area contributed by atoms with Crippen LogP contribution in [0.25, 0.3) is 0 Å². The van der Waals surface area contributed by atoms with Gasteiger partial charge in [-0.2, -0.15) is 4.73 Å². The van der Waals surface area contributed by atoms with Gasteiger partial charge in [0.05, 0.1) is 0 Å². The van der Waals surface area contributed by atoms with Crippen molar-refractivity contribution in [3.05, 3.63) is 35.3 Å². The number of hydrogen-bond donors (Lipinski definition) is 0. The van der Waals surface area contributed by atoms with Crippen LogP contribution in [-0.2, 0) is 5.41 Å². The first-order valence-corrected chi connectivity index (χ1v) is 4.70. The highest BCUT2D eigenvalue weighted by Crippen LogP contribution is 2.17. The molecule has 0 saturated carbocycles. The molecule has 0 aliphatic carbocycles. The van der Waals surface area contributed by atoms with Crippen LogP contribution in [0.15, 0.2) is 24.4 Å². The molecule has 13 heavy (non-hydrogen) atoms. The van der Waals surface area contributed by atoms with Gasteiger partial charge in [-0.15, -0.1) is 0 Å². The van der Waals surface area contributed by atoms with E-state index in [1.807, 2.05) is 46.8 Å². The van der Waals surface area contributed by atoms with Gasteiger partial charge in [-0.05, 0) is 6.07 Å². The van der Waals surface area contributed by atoms with Gasteiger partial charge in [0.2, 0.25) is 0 Å². The van der Waals surface area contributed by atoms with Crippen LogP contribution in [0.3, 0.4) is 0 Å². The zero-order valence-electron chi connectivity index (χ0n) is 9.16. The maximum atomic E-state index is 11.2. The maximum Gasteiger partial charge on any atom is 0.198 e. The fourth-order valence-electron chi connectivity index (χ4n) is 1.01. The third kappa shape index (κ3) is 3.45. The molecule has 2 heteroatoms. The monoisotopic (exact) mass is 181 g/mol. The summed E-state index contributed by atoms with van der Waals surface area (Å²) >= 11 is 0. The summed E-state index contributed by atoms with van der Waals surface area (Å²) in [6.07, 6.45) is 1.53. The lowest BCUT2D eigenvalue weighted by atomic mass is 9.92. The molecule has 0 spiro atoms. The van der Waals surface area contributed by atoms with Gasteiger partial charge in [0, 0.05) is 17.5 Å². The summed E-state index contributed by atoms with van der Waals surface area (Å²) in [4.78, 5) is 0. The highest BCUT2D eigenvalue weighted by molar-refractivity contribution is 5.07. The number of rotatable bonds is 0. The van der Waals surface area contributed by atoms with Crippen molar-refractivity contribution in [2.45, 2.75) is 40.0 Å². The SMILES string of the molecule is CC.CC(C)(C)c1cccc[n+]1[O-]. The zero-order valence-corrected chi connectivity index (χ0v) is 9.16. The van der Waals surface area contributed by atoms with Crippen LogP contribution in [-0.4, -0.2) is 0 Å². The van der Waals surface area contributed by atoms with Crippen molar-refractivity contribution in [3.63, 3.8) is 0 Å². The van der Waals surface area contributed by atoms with Crippen LogP contribution in [0.5, 0.6) is 0 Å². The van der Waals surface area contributed by atoms with Crippen LogP contribution in [0, 0.1) is 5.21 Å². The van der Waals surface area contributed by atoms with E-state index in [0.717, 1.165) is 10.4 Å². The number of aromatic nitrogens is 1. The smallest absolute Gasteiger partial charge is 0.198 e. The molecule has 1 heterocycles. The summed E-state index contributed by atoms with van der Waals surface area (Å²) in [7, 11) is 0. The molecule has 0 aromatic carbocycles. The van der Waals surface area contributed by atoms with E-state index in [1.165, 1.54) is 6.20 Å². The Kier molecular flexibility index (Phi) is 4.46. The van der Waals surface area contributed by atoms with Crippen molar-refractivity contribution >= 4 is 0 Å². The molecule has 74 valence electrons. The van der Waals surface area contributed by atoms with Crippen molar-refractivity contribution in [1.29, 1.82) is 0 Å². The molecule has 0 saturated heterocycles. The minimum absolute atomic E-state index is 0.0665. The van der Waals surface area contributed by atoms with Crippen molar-refractivity contribution in [2.24, 2.45) is 0 Å². The van der Waals surface area contributed by atoms with Crippen LogP contribution >= 0.6 is 0 Å². The van der Waals surface area contributed by atoms with Gasteiger partial charge in [-0.3, -0.25) is 0 Å². The lowest BCUT2D eigenvalue weighted by Gasteiger charge is -2.16. The lowest BCUT2D eigenvalue weighted by molar-refractivity contribution is -0.617. The number of pyridine rings is 1. The highest BCUT2D eigenvalue weighted by atomic mass is 16.5. The van der Waals surface area contributed by atoms with Crippen molar-refractivity contribution in [3.8, 4) is 0 Å². The second kappa shape index (κ2) is 4.85. The van der Waals surface area contributed by atoms with Gasteiger partial charge in [0.25, 0.3) is 0 Å². The summed E-state index contributed by atoms with van der Waals surface area (Å²) in [6.45, 7) is 10.1. The third-order valence-corrected chi connectivity index (χ3v) is 1.59. The van der Waals surface area contributed by atoms with Crippen LogP contribution < -0.4 is 4.73 Å². The van der Waals surface area contributed by atoms with Crippen LogP contribution in [0.2, 0.25) is 0 Å². The molecule has 0 radical (unpaired) electrons. The first-order valence-electron chi connectivity index (χ1n) is 4.70. The molecule has 1 rings (SSSR count). The Morgan fingerprint density at radius 2 is 1.69 bits per heavy atom. The summed E-state index contributed by atoms with van der Waals surface area (Å²) in [5.74, 6) is 0. The van der Waals surface area contributed by atoms with Gasteiger partial charge >= 0.3 is 0 Å². The minimum atomic E-state index is -0.0665. The second-order valence-electron chi connectivity index (χ2n) is 3.66. The van der Waals surface area contributed by atoms with E-state index < -0.39 is 0 Å². The van der Waals surface area contributed by atoms with E-state index in [2.05, 4.69) is 0 Å². The molecule has 0 bridgehead atoms. The Morgan fingerprint density at radius 3 is 2.00 bits per heavy atom. The van der Waals surface area contributed by atoms with Crippen molar-refractivity contribution in [2.75, 3.05) is 0 Å². The molecule has 0 N–H and O–H groups in total. The Morgan fingerprint density at radius 1 is 1.15 bits per heavy atom. The van der Waals surface area contributed by atoms with E-state index in [9.17, 15) is 5.21 Å². The standard InChI is InChI=1S/C9H13NO.C2H6/c1-9(2,3)8-6-4-5-7-10(8)11;1-2/h4-7H,1-3H3;1-2H3. The largest absolute Gasteiger partial charge is 0.618 e. The minimum Gasteiger partial charge on any atom is -0.618 e. The van der Waals surface area contributed by atoms with E-state index in [-0.39, 0.29) is 5.41 Å². The van der Waals surface area contributed by atoms with Crippen LogP contribution in [0.4, 0.5) is 0 Å². The van der Waals surface area contributed by atoms with Gasteiger partial charge < -0.3 is 5.21 Å². The van der Waals surface area contributed by atoms with E-state index in [0.29, 0.717) is 0 Å². The summed E-state index contributed by atoms with van der Waals surface area (Å²) in [6, 6.07) is 5.48. The van der Waals surface area contributed by atoms with Gasteiger partial charge in [0.1, 0.15) is 0 Å². The molecule has 1 aromatic rings. The fraction of sp³-hybridized carbons (Fsp3) is 0.545. The van der Waals surface area contributed by atoms with Gasteiger partial charge in [0.15, 0.2) is 11.9 Å². The fourth-order valence-corrected chi connectivity index (χ4v) is 1.01. The second-order valence-corrected chi connectivity index (χ2v) is 3.66. The number of hydrogen-bond acceptors (Lipinski definition) is 1. The summed E-state index contributed by atoms with van der Waals surface area (Å²) in [5, 5.41) is 11.2. The van der Waals surface area contributed by atoms with E-state index in [1.54, 1.807) is 6.07 Å². The lowest BCUT2D eigenvalue weighted by Crippen LogP contribution is -2.37. The predicted molar refractivity (Wildman–Crippen MR) is 55.5 cm³/mol. The first kappa shape index (κ1) is 11.9. The Hall–Kier alpha value is -1.05. The Labute approximate surface area is 80.8 Å². The molecule has 0 fully saturated rings. The topological polar surface area (TPSA) is 26.9 Å². The average molecular weight is 181 g/mol. The quantitative estimate of drug-likeness (QED) is 0.446. The molecular formula is C11H19NO. The average Bonchev–Trinajstić information content (AvgIpc) is 2.07. The predicted octanol–water partition coefficient (Wildman–Crippen LogP) is 2.64. The number of nitrogens with zero attached hydrogens (tertiary/aromatic N) is 1. The maximum absolute atomic E-state index is 11.2. The Balaban J connectivity index is 0.000000671. The molecule has 0 amide bonds. The van der Waals surface area contributed by atoms with E-state index >= 15 is 0 Å². The summed E-state index contributed by atoms with van der Waals surface area (Å²) in [5.41, 5.74) is 0.739. The molecule has 0 atom stereocenters. The molecular weight excluding hydrogens is 162 g/mol. The van der Waals surface area contributed by atoms with Gasteiger partial charge in [-0.25, -0.2) is 0 Å². The molecule has 2 nitrogen and oxygen atoms in total. The molecule has 0 unspecified atom stereocenters. The molecule has 1 aromatic heterocycles. The van der Waals surface area contributed by atoms with Crippen LogP contribution in [0.1, 0.15) is 40.3 Å². The van der Waals surface area contributed by atoms with Crippen molar-refractivity contribution < 1.29 is 4.73 Å². The normalized spacial score (nSPS) is 10.2. The summed E-state index contributed by atoms with van der Waals surface area (Å²) < 4.78 is 0.917. The Bertz CT molecular complexity index is 251. The highest BCUT2D eigenvalue weighted by Gasteiger charge is 2.21. The molecule has 0 aliphatic heterocycles.